The van der Waals surface area contributed by atoms with Gasteiger partial charge in [-0.2, -0.15) is 0 Å². The Labute approximate surface area is 209 Å². The summed E-state index contributed by atoms with van der Waals surface area (Å²) in [4.78, 5) is 27.9. The molecule has 8 heteroatoms. The van der Waals surface area contributed by atoms with Crippen molar-refractivity contribution < 1.29 is 29.3 Å². The fourth-order valence-corrected chi connectivity index (χ4v) is 4.66. The van der Waals surface area contributed by atoms with Gasteiger partial charge >= 0.3 is 0 Å². The number of benzene rings is 3. The molecule has 2 aliphatic rings. The molecular formula is C28H28N2O6. The Morgan fingerprint density at radius 3 is 2.69 bits per heavy atom. The van der Waals surface area contributed by atoms with Crippen molar-refractivity contribution in [1.82, 2.24) is 4.90 Å². The average Bonchev–Trinajstić information content (AvgIpc) is 3.43. The van der Waals surface area contributed by atoms with Crippen molar-refractivity contribution in [2.75, 3.05) is 25.1 Å². The third kappa shape index (κ3) is 4.99. The van der Waals surface area contributed by atoms with Crippen LogP contribution in [0.15, 0.2) is 60.7 Å². The third-order valence-electron chi connectivity index (χ3n) is 6.64. The topological polar surface area (TPSA) is 108 Å². The number of fused-ring (bicyclic) bond motifs is 1. The van der Waals surface area contributed by atoms with E-state index in [0.29, 0.717) is 38.3 Å². The van der Waals surface area contributed by atoms with Crippen LogP contribution < -0.4 is 10.1 Å². The molecule has 3 aromatic rings. The number of hydrogen-bond acceptors (Lipinski definition) is 6. The van der Waals surface area contributed by atoms with E-state index in [9.17, 15) is 19.8 Å². The van der Waals surface area contributed by atoms with Gasteiger partial charge in [-0.05, 0) is 35.6 Å². The van der Waals surface area contributed by atoms with Crippen molar-refractivity contribution in [3.8, 4) is 17.2 Å². The number of hydrogen-bond donors (Lipinski definition) is 3. The summed E-state index contributed by atoms with van der Waals surface area (Å²) in [6.07, 6.45) is 1.30. The highest BCUT2D eigenvalue weighted by molar-refractivity contribution is 6.00. The second-order valence-electron chi connectivity index (χ2n) is 9.08. The van der Waals surface area contributed by atoms with Crippen LogP contribution in [0.2, 0.25) is 0 Å². The van der Waals surface area contributed by atoms with Crippen LogP contribution in [0.1, 0.15) is 33.5 Å². The minimum absolute atomic E-state index is 0.00296. The van der Waals surface area contributed by atoms with Crippen LogP contribution in [0.25, 0.3) is 0 Å². The minimum Gasteiger partial charge on any atom is -0.508 e. The molecule has 2 heterocycles. The van der Waals surface area contributed by atoms with Gasteiger partial charge in [0.05, 0.1) is 12.5 Å². The Balaban J connectivity index is 1.38. The van der Waals surface area contributed by atoms with Gasteiger partial charge in [-0.25, -0.2) is 0 Å². The molecule has 1 saturated heterocycles. The van der Waals surface area contributed by atoms with E-state index in [4.69, 9.17) is 9.47 Å². The number of nitrogens with zero attached hydrogens (tertiary/aromatic N) is 1. The van der Waals surface area contributed by atoms with E-state index in [-0.39, 0.29) is 47.8 Å². The van der Waals surface area contributed by atoms with Gasteiger partial charge in [-0.15, -0.1) is 0 Å². The summed E-state index contributed by atoms with van der Waals surface area (Å²) in [5.41, 5.74) is 3.50. The Morgan fingerprint density at radius 1 is 1.08 bits per heavy atom. The predicted molar refractivity (Wildman–Crippen MR) is 133 cm³/mol. The first kappa shape index (κ1) is 23.7. The molecule has 2 aliphatic heterocycles. The smallest absolute Gasteiger partial charge is 0.261 e. The van der Waals surface area contributed by atoms with E-state index in [2.05, 4.69) is 5.32 Å². The molecule has 1 unspecified atom stereocenters. The minimum atomic E-state index is -0.411. The van der Waals surface area contributed by atoms with Crippen LogP contribution in [-0.4, -0.2) is 46.7 Å². The zero-order chi connectivity index (χ0) is 25.1. The molecule has 5 rings (SSSR count). The molecule has 0 aromatic heterocycles. The highest BCUT2D eigenvalue weighted by Crippen LogP contribution is 2.36. The summed E-state index contributed by atoms with van der Waals surface area (Å²) in [5, 5.41) is 23.7. The molecule has 0 saturated carbocycles. The second kappa shape index (κ2) is 10.3. The molecule has 0 bridgehead atoms. The van der Waals surface area contributed by atoms with E-state index in [1.807, 2.05) is 48.5 Å². The number of phenolic OH excluding ortho intramolecular Hbond substituents is 2. The first-order chi connectivity index (χ1) is 17.5. The zero-order valence-corrected chi connectivity index (χ0v) is 19.8. The molecule has 0 radical (unpaired) electrons. The number of nitrogens with one attached hydrogen (secondary N) is 1. The molecule has 0 spiro atoms. The van der Waals surface area contributed by atoms with E-state index < -0.39 is 5.91 Å². The lowest BCUT2D eigenvalue weighted by atomic mass is 9.96. The van der Waals surface area contributed by atoms with E-state index in [1.165, 1.54) is 6.07 Å². The average molecular weight is 489 g/mol. The van der Waals surface area contributed by atoms with E-state index in [1.54, 1.807) is 4.90 Å². The van der Waals surface area contributed by atoms with Crippen molar-refractivity contribution in [2.45, 2.75) is 26.0 Å². The molecule has 186 valence electrons. The van der Waals surface area contributed by atoms with Crippen LogP contribution in [-0.2, 0) is 29.1 Å². The number of amides is 2. The maximum atomic E-state index is 13.6. The van der Waals surface area contributed by atoms with Gasteiger partial charge < -0.3 is 29.9 Å². The van der Waals surface area contributed by atoms with Crippen LogP contribution in [0, 0.1) is 5.92 Å². The van der Waals surface area contributed by atoms with Gasteiger partial charge in [0, 0.05) is 37.5 Å². The number of ether oxygens (including phenoxy) is 2. The number of carbonyl (C=O) groups excluding carboxylic acids is 2. The molecule has 2 amide bonds. The zero-order valence-electron chi connectivity index (χ0n) is 19.8. The van der Waals surface area contributed by atoms with Gasteiger partial charge in [0.25, 0.3) is 5.91 Å². The highest BCUT2D eigenvalue weighted by Gasteiger charge is 2.30. The maximum Gasteiger partial charge on any atom is 0.261 e. The summed E-state index contributed by atoms with van der Waals surface area (Å²) in [7, 11) is 0. The summed E-state index contributed by atoms with van der Waals surface area (Å²) in [5.74, 6) is -1.12. The Bertz CT molecular complexity index is 1270. The largest absolute Gasteiger partial charge is 0.508 e. The van der Waals surface area contributed by atoms with Gasteiger partial charge in [-0.3, -0.25) is 9.59 Å². The number of carbonyl (C=O) groups is 2. The van der Waals surface area contributed by atoms with E-state index >= 15 is 0 Å². The molecule has 3 N–H and O–H groups in total. The summed E-state index contributed by atoms with van der Waals surface area (Å²) < 4.78 is 11.2. The third-order valence-corrected chi connectivity index (χ3v) is 6.64. The lowest BCUT2D eigenvalue weighted by Crippen LogP contribution is -2.37. The lowest BCUT2D eigenvalue weighted by molar-refractivity contribution is -0.119. The number of phenols is 2. The molecule has 3 aromatic carbocycles. The molecule has 36 heavy (non-hydrogen) atoms. The number of aromatic hydroxyl groups is 2. The standard InChI is InChI=1S/C28H28N2O6/c31-21-13-24(32)26(25(14-21)36-16-18-5-2-1-3-6-18)28(34)30-11-9-19-7-4-8-23(22(19)15-30)29-27(33)20-10-12-35-17-20/h1-8,13-14,20,31-32H,9-12,15-17H2,(H,29,33). The summed E-state index contributed by atoms with van der Waals surface area (Å²) >= 11 is 0. The Hall–Kier alpha value is -4.04. The monoisotopic (exact) mass is 488 g/mol. The Morgan fingerprint density at radius 2 is 1.92 bits per heavy atom. The van der Waals surface area contributed by atoms with Gasteiger partial charge in [0.15, 0.2) is 0 Å². The number of anilines is 1. The maximum absolute atomic E-state index is 13.6. The normalized spacial score (nSPS) is 16.9. The SMILES string of the molecule is O=C(Nc1cccc2c1CN(C(=O)c1c(O)cc(O)cc1OCc1ccccc1)CC2)C1CCOC1. The molecule has 1 atom stereocenters. The van der Waals surface area contributed by atoms with Gasteiger partial charge in [0.1, 0.15) is 29.4 Å². The lowest BCUT2D eigenvalue weighted by Gasteiger charge is -2.31. The Kier molecular flexibility index (Phi) is 6.77. The van der Waals surface area contributed by atoms with Crippen molar-refractivity contribution in [1.29, 1.82) is 0 Å². The highest BCUT2D eigenvalue weighted by atomic mass is 16.5. The quantitative estimate of drug-likeness (QED) is 0.487. The second-order valence-corrected chi connectivity index (χ2v) is 9.08. The van der Waals surface area contributed by atoms with Crippen molar-refractivity contribution in [3.05, 3.63) is 82.9 Å². The predicted octanol–water partition coefficient (Wildman–Crippen LogP) is 3.85. The molecule has 1 fully saturated rings. The summed E-state index contributed by atoms with van der Waals surface area (Å²) in [6.45, 7) is 1.88. The van der Waals surface area contributed by atoms with Crippen molar-refractivity contribution in [2.24, 2.45) is 5.92 Å². The fraction of sp³-hybridized carbons (Fsp3) is 0.286. The summed E-state index contributed by atoms with van der Waals surface area (Å²) in [6, 6.07) is 17.6. The van der Waals surface area contributed by atoms with Crippen molar-refractivity contribution in [3.63, 3.8) is 0 Å². The first-order valence-corrected chi connectivity index (χ1v) is 12.0. The van der Waals surface area contributed by atoms with E-state index in [0.717, 1.165) is 22.8 Å². The molecule has 8 nitrogen and oxygen atoms in total. The van der Waals surface area contributed by atoms with Gasteiger partial charge in [0.2, 0.25) is 5.91 Å². The fourth-order valence-electron chi connectivity index (χ4n) is 4.66. The van der Waals surface area contributed by atoms with Crippen molar-refractivity contribution >= 4 is 17.5 Å². The molecular weight excluding hydrogens is 460 g/mol. The van der Waals surface area contributed by atoms with Crippen LogP contribution in [0.3, 0.4) is 0 Å². The number of rotatable bonds is 6. The van der Waals surface area contributed by atoms with Crippen LogP contribution in [0.5, 0.6) is 17.2 Å². The first-order valence-electron chi connectivity index (χ1n) is 12.0. The molecule has 0 aliphatic carbocycles. The van der Waals surface area contributed by atoms with Gasteiger partial charge in [-0.1, -0.05) is 42.5 Å². The van der Waals surface area contributed by atoms with Crippen LogP contribution >= 0.6 is 0 Å². The van der Waals surface area contributed by atoms with Crippen LogP contribution in [0.4, 0.5) is 5.69 Å².